The van der Waals surface area contributed by atoms with Gasteiger partial charge in [-0.3, -0.25) is 9.59 Å². The summed E-state index contributed by atoms with van der Waals surface area (Å²) in [5.41, 5.74) is 7.11. The molecular weight excluding hydrogens is 528 g/mol. The van der Waals surface area contributed by atoms with Crippen LogP contribution in [0.5, 0.6) is 0 Å². The molecule has 2 aliphatic rings. The maximum Gasteiger partial charge on any atom is 0.245 e. The van der Waals surface area contributed by atoms with Crippen LogP contribution < -0.4 is 11.1 Å². The van der Waals surface area contributed by atoms with Gasteiger partial charge in [-0.15, -0.1) is 0 Å². The number of hydrogen-bond acceptors (Lipinski definition) is 7. The number of hydrazine groups is 1. The largest absolute Gasteiger partial charge is 0.468 e. The summed E-state index contributed by atoms with van der Waals surface area (Å²) in [6, 6.07) is 10.1. The molecule has 9 nitrogen and oxygen atoms in total. The topological polar surface area (TPSA) is 98.3 Å². The molecule has 2 amide bonds. The second kappa shape index (κ2) is 14.5. The number of amides is 2. The number of carbonyl (C=O) groups excluding carboxylic acids is 2. The van der Waals surface area contributed by atoms with Gasteiger partial charge in [0.1, 0.15) is 11.8 Å². The third kappa shape index (κ3) is 8.54. The van der Waals surface area contributed by atoms with Gasteiger partial charge >= 0.3 is 0 Å². The molecule has 1 aromatic heterocycles. The van der Waals surface area contributed by atoms with Crippen LogP contribution in [0.15, 0.2) is 47.1 Å². The summed E-state index contributed by atoms with van der Waals surface area (Å²) in [6.45, 7) is 11.1. The fourth-order valence-corrected chi connectivity index (χ4v) is 5.77. The highest BCUT2D eigenvalue weighted by molar-refractivity contribution is 6.30. The molecule has 0 unspecified atom stereocenters. The number of piperazine rings is 1. The molecule has 4 rings (SSSR count). The zero-order valence-corrected chi connectivity index (χ0v) is 24.9. The van der Waals surface area contributed by atoms with Crippen LogP contribution in [0.4, 0.5) is 0 Å². The lowest BCUT2D eigenvalue weighted by Crippen LogP contribution is -2.60. The Morgan fingerprint density at radius 1 is 1.07 bits per heavy atom. The summed E-state index contributed by atoms with van der Waals surface area (Å²) in [4.78, 5) is 31.1. The van der Waals surface area contributed by atoms with Crippen LogP contribution in [0, 0.1) is 5.92 Å². The van der Waals surface area contributed by atoms with Crippen molar-refractivity contribution in [2.75, 3.05) is 52.9 Å². The van der Waals surface area contributed by atoms with E-state index in [0.717, 1.165) is 51.1 Å². The van der Waals surface area contributed by atoms with Crippen LogP contribution in [0.25, 0.3) is 0 Å². The molecule has 1 aromatic carbocycles. The minimum absolute atomic E-state index is 0.0369. The van der Waals surface area contributed by atoms with Crippen molar-refractivity contribution in [2.45, 2.75) is 57.7 Å². The Hall–Kier alpha value is -2.43. The molecule has 0 spiro atoms. The number of carbonyl (C=O) groups is 2. The van der Waals surface area contributed by atoms with Gasteiger partial charge in [0.05, 0.1) is 12.3 Å². The molecule has 0 radical (unpaired) electrons. The van der Waals surface area contributed by atoms with E-state index >= 15 is 0 Å². The Morgan fingerprint density at radius 2 is 1.75 bits per heavy atom. The molecule has 10 heteroatoms. The van der Waals surface area contributed by atoms with E-state index in [0.29, 0.717) is 42.3 Å². The van der Waals surface area contributed by atoms with Gasteiger partial charge in [0.25, 0.3) is 0 Å². The van der Waals surface area contributed by atoms with E-state index in [-0.39, 0.29) is 18.2 Å². The Morgan fingerprint density at radius 3 is 2.35 bits per heavy atom. The number of furan rings is 1. The summed E-state index contributed by atoms with van der Waals surface area (Å²) < 4.78 is 5.35. The zero-order chi connectivity index (χ0) is 28.6. The highest BCUT2D eigenvalue weighted by Gasteiger charge is 2.34. The van der Waals surface area contributed by atoms with Crippen LogP contribution in [-0.4, -0.2) is 96.6 Å². The number of likely N-dealkylation sites (tertiary alicyclic amines) is 1. The number of hydrogen-bond donors (Lipinski definition) is 2. The molecule has 2 aromatic rings. The van der Waals surface area contributed by atoms with Crippen molar-refractivity contribution >= 4 is 23.4 Å². The molecule has 3 heterocycles. The van der Waals surface area contributed by atoms with Crippen molar-refractivity contribution < 1.29 is 14.0 Å². The number of nitrogens with one attached hydrogen (secondary N) is 1. The lowest BCUT2D eigenvalue weighted by molar-refractivity contribution is -0.141. The first kappa shape index (κ1) is 30.5. The molecule has 2 atom stereocenters. The lowest BCUT2D eigenvalue weighted by Gasteiger charge is -2.47. The summed E-state index contributed by atoms with van der Waals surface area (Å²) >= 11 is 6.08. The van der Waals surface area contributed by atoms with Crippen molar-refractivity contribution in [1.29, 1.82) is 0 Å². The summed E-state index contributed by atoms with van der Waals surface area (Å²) in [7, 11) is 2.18. The number of nitrogens with zero attached hydrogens (tertiary/aromatic N) is 4. The molecule has 2 saturated heterocycles. The second-order valence-corrected chi connectivity index (χ2v) is 12.0. The predicted molar refractivity (Wildman–Crippen MR) is 158 cm³/mol. The average Bonchev–Trinajstić information content (AvgIpc) is 3.48. The number of benzene rings is 1. The summed E-state index contributed by atoms with van der Waals surface area (Å²) in [6.07, 6.45) is 3.79. The van der Waals surface area contributed by atoms with E-state index in [4.69, 9.17) is 21.8 Å². The Bertz CT molecular complexity index is 1060. The SMILES string of the molecule is CC(C)CN(C1CCN(C(=O)[C@@H](Cc2ccc(Cl)cc2)NC(=O)C[C@@H](N)c2ccco2)CC1)N1CCN(C)CC1. The minimum atomic E-state index is -0.682. The second-order valence-electron chi connectivity index (χ2n) is 11.6. The van der Waals surface area contributed by atoms with Gasteiger partial charge < -0.3 is 25.3 Å². The van der Waals surface area contributed by atoms with Crippen molar-refractivity contribution in [3.05, 3.63) is 59.0 Å². The third-order valence-corrected chi connectivity index (χ3v) is 8.15. The van der Waals surface area contributed by atoms with Crippen LogP contribution >= 0.6 is 11.6 Å². The normalized spacial score (nSPS) is 19.2. The number of likely N-dealkylation sites (N-methyl/N-ethyl adjacent to an activating group) is 1. The van der Waals surface area contributed by atoms with E-state index in [9.17, 15) is 9.59 Å². The van der Waals surface area contributed by atoms with E-state index in [1.54, 1.807) is 24.3 Å². The van der Waals surface area contributed by atoms with Crippen LogP contribution in [-0.2, 0) is 16.0 Å². The van der Waals surface area contributed by atoms with E-state index in [1.807, 2.05) is 17.0 Å². The Balaban J connectivity index is 1.40. The maximum atomic E-state index is 13.8. The molecule has 0 bridgehead atoms. The summed E-state index contributed by atoms with van der Waals surface area (Å²) in [5.74, 6) is 0.780. The fourth-order valence-electron chi connectivity index (χ4n) is 5.64. The molecule has 2 aliphatic heterocycles. The van der Waals surface area contributed by atoms with Crippen molar-refractivity contribution in [2.24, 2.45) is 11.7 Å². The van der Waals surface area contributed by atoms with Gasteiger partial charge in [-0.2, -0.15) is 0 Å². The van der Waals surface area contributed by atoms with Crippen LogP contribution in [0.2, 0.25) is 5.02 Å². The molecule has 0 aliphatic carbocycles. The van der Waals surface area contributed by atoms with Crippen molar-refractivity contribution in [1.82, 2.24) is 25.1 Å². The number of halogens is 1. The zero-order valence-electron chi connectivity index (χ0n) is 24.1. The van der Waals surface area contributed by atoms with Gasteiger partial charge in [0.15, 0.2) is 0 Å². The fraction of sp³-hybridized carbons (Fsp3) is 0.600. The quantitative estimate of drug-likeness (QED) is 0.427. The van der Waals surface area contributed by atoms with Gasteiger partial charge in [-0.1, -0.05) is 37.6 Å². The third-order valence-electron chi connectivity index (χ3n) is 7.89. The molecule has 40 heavy (non-hydrogen) atoms. The molecule has 3 N–H and O–H groups in total. The van der Waals surface area contributed by atoms with E-state index < -0.39 is 12.1 Å². The lowest BCUT2D eigenvalue weighted by atomic mass is 9.99. The maximum absolute atomic E-state index is 13.8. The van der Waals surface area contributed by atoms with Gasteiger partial charge in [-0.05, 0) is 55.6 Å². The number of rotatable bonds is 11. The highest BCUT2D eigenvalue weighted by atomic mass is 35.5. The Labute approximate surface area is 243 Å². The van der Waals surface area contributed by atoms with E-state index in [2.05, 4.69) is 41.1 Å². The number of nitrogens with two attached hydrogens (primary N) is 1. The first-order chi connectivity index (χ1) is 19.2. The molecule has 0 saturated carbocycles. The van der Waals surface area contributed by atoms with Gasteiger partial charge in [0, 0.05) is 69.7 Å². The molecule has 2 fully saturated rings. The van der Waals surface area contributed by atoms with Crippen molar-refractivity contribution in [3.63, 3.8) is 0 Å². The molecule has 220 valence electrons. The first-order valence-corrected chi connectivity index (χ1v) is 14.9. The van der Waals surface area contributed by atoms with Crippen LogP contribution in [0.3, 0.4) is 0 Å². The van der Waals surface area contributed by atoms with Gasteiger partial charge in [0.2, 0.25) is 11.8 Å². The van der Waals surface area contributed by atoms with E-state index in [1.165, 1.54) is 6.26 Å². The van der Waals surface area contributed by atoms with Gasteiger partial charge in [-0.25, -0.2) is 10.0 Å². The predicted octanol–water partition coefficient (Wildman–Crippen LogP) is 3.16. The monoisotopic (exact) mass is 572 g/mol. The smallest absolute Gasteiger partial charge is 0.245 e. The van der Waals surface area contributed by atoms with Crippen molar-refractivity contribution in [3.8, 4) is 0 Å². The standard InChI is InChI=1S/C30H45ClN6O3/c1-22(2)21-37(36-16-14-34(3)15-17-36)25-10-12-35(13-11-25)30(39)27(19-23-6-8-24(31)9-7-23)33-29(38)20-26(32)28-5-4-18-40-28/h4-9,18,22,25-27H,10-17,19-21,32H2,1-3H3,(H,33,38)/t26-,27-/m1/s1. The molecular formula is C30H45ClN6O3. The first-order valence-electron chi connectivity index (χ1n) is 14.5. The highest BCUT2D eigenvalue weighted by Crippen LogP contribution is 2.23. The summed E-state index contributed by atoms with van der Waals surface area (Å²) in [5, 5.41) is 8.70. The average molecular weight is 573 g/mol. The van der Waals surface area contributed by atoms with Crippen LogP contribution in [0.1, 0.15) is 50.5 Å². The Kier molecular flexibility index (Phi) is 11.0. The number of piperidine rings is 1. The minimum Gasteiger partial charge on any atom is -0.468 e.